The van der Waals surface area contributed by atoms with Crippen molar-refractivity contribution in [1.82, 2.24) is 0 Å². The van der Waals surface area contributed by atoms with E-state index in [-0.39, 0.29) is 0 Å². The lowest BCUT2D eigenvalue weighted by molar-refractivity contribution is 0.670. The summed E-state index contributed by atoms with van der Waals surface area (Å²) in [6, 6.07) is 84.8. The van der Waals surface area contributed by atoms with Gasteiger partial charge in [0, 0.05) is 33.4 Å². The predicted molar refractivity (Wildman–Crippen MR) is 253 cm³/mol. The smallest absolute Gasteiger partial charge is 0.143 e. The van der Waals surface area contributed by atoms with Gasteiger partial charge in [0.15, 0.2) is 0 Å². The van der Waals surface area contributed by atoms with E-state index in [1.807, 2.05) is 12.1 Å². The molecule has 11 aromatic rings. The molecule has 60 heavy (non-hydrogen) atoms. The van der Waals surface area contributed by atoms with Crippen molar-refractivity contribution in [2.24, 2.45) is 0 Å². The van der Waals surface area contributed by atoms with Crippen LogP contribution < -0.4 is 4.90 Å². The van der Waals surface area contributed by atoms with Crippen LogP contribution in [0, 0.1) is 0 Å². The molecule has 1 heterocycles. The van der Waals surface area contributed by atoms with Crippen LogP contribution in [-0.4, -0.2) is 0 Å². The number of benzene rings is 10. The topological polar surface area (TPSA) is 16.4 Å². The second-order valence-electron chi connectivity index (χ2n) is 15.3. The van der Waals surface area contributed by atoms with Crippen LogP contribution in [0.25, 0.3) is 88.3 Å². The van der Waals surface area contributed by atoms with Crippen LogP contribution in [0.1, 0.15) is 0 Å². The van der Waals surface area contributed by atoms with E-state index in [0.29, 0.717) is 0 Å². The highest BCUT2D eigenvalue weighted by Crippen LogP contribution is 2.42. The molecule has 0 saturated carbocycles. The van der Waals surface area contributed by atoms with Crippen molar-refractivity contribution in [3.63, 3.8) is 0 Å². The van der Waals surface area contributed by atoms with Crippen molar-refractivity contribution in [2.75, 3.05) is 4.90 Å². The van der Waals surface area contributed by atoms with Crippen molar-refractivity contribution in [1.29, 1.82) is 0 Å². The van der Waals surface area contributed by atoms with E-state index in [1.54, 1.807) is 0 Å². The quantitative estimate of drug-likeness (QED) is 0.153. The van der Waals surface area contributed by atoms with E-state index in [1.165, 1.54) is 49.7 Å². The highest BCUT2D eigenvalue weighted by molar-refractivity contribution is 6.09. The number of hydrogen-bond donors (Lipinski definition) is 0. The van der Waals surface area contributed by atoms with Gasteiger partial charge in [0.25, 0.3) is 0 Å². The van der Waals surface area contributed by atoms with Gasteiger partial charge in [-0.2, -0.15) is 0 Å². The zero-order valence-electron chi connectivity index (χ0n) is 32.9. The van der Waals surface area contributed by atoms with Crippen LogP contribution in [-0.2, 0) is 0 Å². The van der Waals surface area contributed by atoms with E-state index >= 15 is 0 Å². The highest BCUT2D eigenvalue weighted by atomic mass is 16.3. The fourth-order valence-corrected chi connectivity index (χ4v) is 8.72. The summed E-state index contributed by atoms with van der Waals surface area (Å²) in [5.41, 5.74) is 16.8. The molecule has 0 unspecified atom stereocenters. The first-order valence-electron chi connectivity index (χ1n) is 20.5. The second kappa shape index (κ2) is 15.1. The molecule has 0 atom stereocenters. The fraction of sp³-hybridized carbons (Fsp3) is 0. The summed E-state index contributed by atoms with van der Waals surface area (Å²) in [6.07, 6.45) is 0. The first-order valence-corrected chi connectivity index (χ1v) is 20.5. The first kappa shape index (κ1) is 35.2. The molecule has 0 saturated heterocycles. The van der Waals surface area contributed by atoms with Crippen LogP contribution in [0.4, 0.5) is 17.1 Å². The van der Waals surface area contributed by atoms with Gasteiger partial charge in [0.05, 0.1) is 0 Å². The van der Waals surface area contributed by atoms with Gasteiger partial charge in [-0.05, 0) is 109 Å². The van der Waals surface area contributed by atoms with Gasteiger partial charge in [-0.25, -0.2) is 0 Å². The van der Waals surface area contributed by atoms with Gasteiger partial charge in [0.1, 0.15) is 11.2 Å². The molecule has 0 aliphatic carbocycles. The standard InChI is InChI=1S/C58H39NO/c1-3-13-40(14-4-1)41-25-32-47(33-26-41)59(49-36-29-45(30-37-49)52-21-12-23-55-54-20-9-10-24-57(54)60-58(52)55)48-34-27-42(28-35-48)46-31-38-51(43-15-5-2-6-16-43)56(39-46)53-22-11-18-44-17-7-8-19-50(44)53/h1-39H. The zero-order chi connectivity index (χ0) is 39.8. The molecule has 2 heteroatoms. The molecule has 2 nitrogen and oxygen atoms in total. The summed E-state index contributed by atoms with van der Waals surface area (Å²) < 4.78 is 6.42. The SMILES string of the molecule is c1ccc(-c2ccc(N(c3ccc(-c4ccc(-c5ccccc5)c(-c5cccc6ccccc56)c4)cc3)c3ccc(-c4cccc5c4oc4ccccc45)cc3)cc2)cc1. The molecule has 0 bridgehead atoms. The van der Waals surface area contributed by atoms with Gasteiger partial charge in [-0.3, -0.25) is 0 Å². The molecule has 0 radical (unpaired) electrons. The maximum atomic E-state index is 6.42. The second-order valence-corrected chi connectivity index (χ2v) is 15.3. The van der Waals surface area contributed by atoms with Gasteiger partial charge in [0.2, 0.25) is 0 Å². The monoisotopic (exact) mass is 765 g/mol. The predicted octanol–water partition coefficient (Wildman–Crippen LogP) is 16.5. The summed E-state index contributed by atoms with van der Waals surface area (Å²) in [5, 5.41) is 4.75. The first-order chi connectivity index (χ1) is 29.7. The van der Waals surface area contributed by atoms with Crippen LogP contribution in [0.5, 0.6) is 0 Å². The molecular weight excluding hydrogens is 727 g/mol. The maximum absolute atomic E-state index is 6.42. The normalized spacial score (nSPS) is 11.3. The molecule has 10 aromatic carbocycles. The Kier molecular flexibility index (Phi) is 8.87. The number of rotatable bonds is 8. The lowest BCUT2D eigenvalue weighted by Gasteiger charge is -2.26. The van der Waals surface area contributed by atoms with Gasteiger partial charge in [-0.1, -0.05) is 188 Å². The van der Waals surface area contributed by atoms with Crippen molar-refractivity contribution in [2.45, 2.75) is 0 Å². The molecule has 11 rings (SSSR count). The Morgan fingerprint density at radius 2 is 0.733 bits per heavy atom. The zero-order valence-corrected chi connectivity index (χ0v) is 32.9. The van der Waals surface area contributed by atoms with E-state index in [9.17, 15) is 0 Å². The van der Waals surface area contributed by atoms with E-state index in [4.69, 9.17) is 4.42 Å². The summed E-state index contributed by atoms with van der Waals surface area (Å²) >= 11 is 0. The Bertz CT molecular complexity index is 3270. The Hall–Kier alpha value is -7.94. The molecule has 282 valence electrons. The van der Waals surface area contributed by atoms with Crippen molar-refractivity contribution >= 4 is 49.8 Å². The van der Waals surface area contributed by atoms with Crippen molar-refractivity contribution in [3.8, 4) is 55.6 Å². The van der Waals surface area contributed by atoms with Crippen molar-refractivity contribution < 1.29 is 4.42 Å². The number of fused-ring (bicyclic) bond motifs is 4. The lowest BCUT2D eigenvalue weighted by atomic mass is 9.89. The largest absolute Gasteiger partial charge is 0.455 e. The van der Waals surface area contributed by atoms with Crippen LogP contribution in [0.15, 0.2) is 241 Å². The van der Waals surface area contributed by atoms with E-state index in [2.05, 4.69) is 229 Å². The molecule has 0 aliphatic rings. The molecule has 1 aromatic heterocycles. The van der Waals surface area contributed by atoms with Crippen molar-refractivity contribution in [3.05, 3.63) is 237 Å². The van der Waals surface area contributed by atoms with E-state index in [0.717, 1.165) is 55.7 Å². The third kappa shape index (κ3) is 6.41. The van der Waals surface area contributed by atoms with E-state index < -0.39 is 0 Å². The minimum Gasteiger partial charge on any atom is -0.455 e. The molecular formula is C58H39NO. The van der Waals surface area contributed by atoms with Crippen LogP contribution >= 0.6 is 0 Å². The van der Waals surface area contributed by atoms with Crippen LogP contribution in [0.2, 0.25) is 0 Å². The molecule has 0 spiro atoms. The Balaban J connectivity index is 0.991. The third-order valence-corrected chi connectivity index (χ3v) is 11.7. The summed E-state index contributed by atoms with van der Waals surface area (Å²) in [7, 11) is 0. The minimum absolute atomic E-state index is 0.905. The average Bonchev–Trinajstić information content (AvgIpc) is 3.72. The van der Waals surface area contributed by atoms with Gasteiger partial charge in [-0.15, -0.1) is 0 Å². The summed E-state index contributed by atoms with van der Waals surface area (Å²) in [5.74, 6) is 0. The average molecular weight is 766 g/mol. The van der Waals surface area contributed by atoms with Gasteiger partial charge >= 0.3 is 0 Å². The number of nitrogens with zero attached hydrogens (tertiary/aromatic N) is 1. The lowest BCUT2D eigenvalue weighted by Crippen LogP contribution is -2.09. The third-order valence-electron chi connectivity index (χ3n) is 11.7. The Labute approximate surface area is 349 Å². The minimum atomic E-state index is 0.905. The van der Waals surface area contributed by atoms with Gasteiger partial charge < -0.3 is 9.32 Å². The summed E-state index contributed by atoms with van der Waals surface area (Å²) in [6.45, 7) is 0. The number of hydrogen-bond acceptors (Lipinski definition) is 2. The molecule has 0 fully saturated rings. The fourth-order valence-electron chi connectivity index (χ4n) is 8.72. The number of para-hydroxylation sites is 2. The van der Waals surface area contributed by atoms with Crippen LogP contribution in [0.3, 0.4) is 0 Å². The maximum Gasteiger partial charge on any atom is 0.143 e. The molecule has 0 aliphatic heterocycles. The number of furan rings is 1. The molecule has 0 amide bonds. The Morgan fingerprint density at radius 3 is 1.43 bits per heavy atom. The highest BCUT2D eigenvalue weighted by Gasteiger charge is 2.17. The number of anilines is 3. The summed E-state index contributed by atoms with van der Waals surface area (Å²) in [4.78, 5) is 2.34. The molecule has 0 N–H and O–H groups in total. The Morgan fingerprint density at radius 1 is 0.267 bits per heavy atom.